The minimum atomic E-state index is -0.591. The number of hydrogen-bond acceptors (Lipinski definition) is 4. The topological polar surface area (TPSA) is 50.7 Å². The molecule has 0 bridgehead atoms. The van der Waals surface area contributed by atoms with Crippen LogP contribution >= 0.6 is 0 Å². The summed E-state index contributed by atoms with van der Waals surface area (Å²) in [5.41, 5.74) is 0. The van der Waals surface area contributed by atoms with Crippen LogP contribution in [0.2, 0.25) is 0 Å². The van der Waals surface area contributed by atoms with Crippen molar-refractivity contribution in [3.05, 3.63) is 30.1 Å². The van der Waals surface area contributed by atoms with E-state index in [2.05, 4.69) is 5.32 Å². The predicted molar refractivity (Wildman–Crippen MR) is 69.7 cm³/mol. The summed E-state index contributed by atoms with van der Waals surface area (Å²) in [7, 11) is 0. The normalized spacial score (nSPS) is 21.1. The van der Waals surface area contributed by atoms with Crippen molar-refractivity contribution < 1.29 is 19.0 Å². The number of aliphatic hydroxyl groups is 1. The van der Waals surface area contributed by atoms with Gasteiger partial charge in [-0.3, -0.25) is 0 Å². The van der Waals surface area contributed by atoms with Gasteiger partial charge in [-0.05, 0) is 37.1 Å². The Morgan fingerprint density at radius 1 is 1.42 bits per heavy atom. The number of benzene rings is 1. The van der Waals surface area contributed by atoms with Crippen molar-refractivity contribution in [2.75, 3.05) is 26.4 Å². The zero-order valence-corrected chi connectivity index (χ0v) is 10.8. The summed E-state index contributed by atoms with van der Waals surface area (Å²) >= 11 is 0. The molecule has 0 radical (unpaired) electrons. The largest absolute Gasteiger partial charge is 0.491 e. The number of rotatable bonds is 6. The first-order chi connectivity index (χ1) is 9.24. The minimum Gasteiger partial charge on any atom is -0.491 e. The first-order valence-electron chi connectivity index (χ1n) is 6.61. The van der Waals surface area contributed by atoms with Gasteiger partial charge in [-0.2, -0.15) is 0 Å². The van der Waals surface area contributed by atoms with Crippen molar-refractivity contribution in [2.45, 2.75) is 25.0 Å². The van der Waals surface area contributed by atoms with E-state index in [1.807, 2.05) is 0 Å². The maximum absolute atomic E-state index is 12.7. The van der Waals surface area contributed by atoms with Gasteiger partial charge in [-0.1, -0.05) is 0 Å². The van der Waals surface area contributed by atoms with Crippen LogP contribution in [-0.2, 0) is 4.74 Å². The van der Waals surface area contributed by atoms with Crippen LogP contribution in [0.5, 0.6) is 5.75 Å². The monoisotopic (exact) mass is 269 g/mol. The lowest BCUT2D eigenvalue weighted by Gasteiger charge is -2.24. The highest BCUT2D eigenvalue weighted by molar-refractivity contribution is 5.22. The average molecular weight is 269 g/mol. The highest BCUT2D eigenvalue weighted by Gasteiger charge is 2.14. The summed E-state index contributed by atoms with van der Waals surface area (Å²) in [6.45, 7) is 2.18. The molecule has 0 spiro atoms. The molecule has 2 atom stereocenters. The maximum Gasteiger partial charge on any atom is 0.123 e. The summed E-state index contributed by atoms with van der Waals surface area (Å²) < 4.78 is 23.4. The standard InChI is InChI=1S/C14H20FNO3/c15-11-3-5-14(6-4-11)19-10-13(17)8-16-12-2-1-7-18-9-12/h3-6,12-13,16-17H,1-2,7-10H2. The van der Waals surface area contributed by atoms with E-state index >= 15 is 0 Å². The third-order valence-electron chi connectivity index (χ3n) is 3.06. The van der Waals surface area contributed by atoms with Gasteiger partial charge in [0.2, 0.25) is 0 Å². The van der Waals surface area contributed by atoms with Crippen LogP contribution in [-0.4, -0.2) is 43.6 Å². The molecule has 2 rings (SSSR count). The minimum absolute atomic E-state index is 0.187. The number of ether oxygens (including phenoxy) is 2. The van der Waals surface area contributed by atoms with Gasteiger partial charge in [-0.15, -0.1) is 0 Å². The van der Waals surface area contributed by atoms with Crippen LogP contribution in [0.3, 0.4) is 0 Å². The Bertz CT molecular complexity index is 365. The fourth-order valence-electron chi connectivity index (χ4n) is 1.99. The van der Waals surface area contributed by atoms with Crippen LogP contribution in [0.15, 0.2) is 24.3 Å². The lowest BCUT2D eigenvalue weighted by atomic mass is 10.1. The van der Waals surface area contributed by atoms with Gasteiger partial charge < -0.3 is 19.9 Å². The molecule has 1 aliphatic rings. The van der Waals surface area contributed by atoms with Gasteiger partial charge in [-0.25, -0.2) is 4.39 Å². The molecule has 1 aromatic carbocycles. The Morgan fingerprint density at radius 2 is 2.21 bits per heavy atom. The molecule has 2 unspecified atom stereocenters. The zero-order chi connectivity index (χ0) is 13.5. The molecule has 0 saturated carbocycles. The molecule has 1 heterocycles. The van der Waals surface area contributed by atoms with Crippen LogP contribution in [0.4, 0.5) is 4.39 Å². The second kappa shape index (κ2) is 7.43. The lowest BCUT2D eigenvalue weighted by Crippen LogP contribution is -2.42. The Hall–Kier alpha value is -1.17. The first-order valence-corrected chi connectivity index (χ1v) is 6.61. The SMILES string of the molecule is OC(CNC1CCCOC1)COc1ccc(F)cc1. The molecular weight excluding hydrogens is 249 g/mol. The number of nitrogens with one attached hydrogen (secondary N) is 1. The van der Waals surface area contributed by atoms with E-state index in [0.717, 1.165) is 19.4 Å². The maximum atomic E-state index is 12.7. The molecular formula is C14H20FNO3. The summed E-state index contributed by atoms with van der Waals surface area (Å²) in [6.07, 6.45) is 1.54. The smallest absolute Gasteiger partial charge is 0.123 e. The zero-order valence-electron chi connectivity index (χ0n) is 10.8. The Labute approximate surface area is 112 Å². The van der Waals surface area contributed by atoms with Crippen LogP contribution < -0.4 is 10.1 Å². The molecule has 19 heavy (non-hydrogen) atoms. The van der Waals surface area contributed by atoms with E-state index < -0.39 is 6.10 Å². The third kappa shape index (κ3) is 5.14. The van der Waals surface area contributed by atoms with E-state index in [1.165, 1.54) is 12.1 Å². The van der Waals surface area contributed by atoms with Gasteiger partial charge >= 0.3 is 0 Å². The quantitative estimate of drug-likeness (QED) is 0.818. The predicted octanol–water partition coefficient (Wildman–Crippen LogP) is 1.33. The van der Waals surface area contributed by atoms with Crippen molar-refractivity contribution in [3.63, 3.8) is 0 Å². The fourth-order valence-corrected chi connectivity index (χ4v) is 1.99. The van der Waals surface area contributed by atoms with Gasteiger partial charge in [0, 0.05) is 19.2 Å². The highest BCUT2D eigenvalue weighted by Crippen LogP contribution is 2.11. The van der Waals surface area contributed by atoms with Gasteiger partial charge in [0.15, 0.2) is 0 Å². The molecule has 5 heteroatoms. The molecule has 0 aromatic heterocycles. The molecule has 1 fully saturated rings. The molecule has 0 aliphatic carbocycles. The van der Waals surface area contributed by atoms with Crippen LogP contribution in [0, 0.1) is 5.82 Å². The molecule has 106 valence electrons. The van der Waals surface area contributed by atoms with Crippen molar-refractivity contribution in [3.8, 4) is 5.75 Å². The summed E-state index contributed by atoms with van der Waals surface area (Å²) in [6, 6.07) is 6.07. The molecule has 1 aliphatic heterocycles. The Kier molecular flexibility index (Phi) is 5.57. The second-order valence-corrected chi connectivity index (χ2v) is 4.74. The Morgan fingerprint density at radius 3 is 2.89 bits per heavy atom. The van der Waals surface area contributed by atoms with E-state index in [0.29, 0.717) is 24.9 Å². The van der Waals surface area contributed by atoms with E-state index in [4.69, 9.17) is 9.47 Å². The van der Waals surface area contributed by atoms with Crippen molar-refractivity contribution in [2.24, 2.45) is 0 Å². The number of halogens is 1. The Balaban J connectivity index is 1.63. The number of hydrogen-bond donors (Lipinski definition) is 2. The van der Waals surface area contributed by atoms with Crippen LogP contribution in [0.1, 0.15) is 12.8 Å². The van der Waals surface area contributed by atoms with Crippen molar-refractivity contribution in [1.82, 2.24) is 5.32 Å². The first kappa shape index (κ1) is 14.2. The van der Waals surface area contributed by atoms with Crippen LogP contribution in [0.25, 0.3) is 0 Å². The summed E-state index contributed by atoms with van der Waals surface area (Å²) in [5, 5.41) is 13.0. The van der Waals surface area contributed by atoms with Gasteiger partial charge in [0.05, 0.1) is 6.61 Å². The third-order valence-corrected chi connectivity index (χ3v) is 3.06. The molecule has 4 nitrogen and oxygen atoms in total. The highest BCUT2D eigenvalue weighted by atomic mass is 19.1. The fraction of sp³-hybridized carbons (Fsp3) is 0.571. The van der Waals surface area contributed by atoms with E-state index in [9.17, 15) is 9.50 Å². The lowest BCUT2D eigenvalue weighted by molar-refractivity contribution is 0.0572. The van der Waals surface area contributed by atoms with E-state index in [-0.39, 0.29) is 12.4 Å². The second-order valence-electron chi connectivity index (χ2n) is 4.74. The average Bonchev–Trinajstić information content (AvgIpc) is 2.45. The summed E-state index contributed by atoms with van der Waals surface area (Å²) in [5.74, 6) is 0.258. The molecule has 1 aromatic rings. The van der Waals surface area contributed by atoms with Crippen molar-refractivity contribution in [1.29, 1.82) is 0 Å². The van der Waals surface area contributed by atoms with Gasteiger partial charge in [0.25, 0.3) is 0 Å². The van der Waals surface area contributed by atoms with E-state index in [1.54, 1.807) is 12.1 Å². The summed E-state index contributed by atoms with van der Waals surface area (Å²) in [4.78, 5) is 0. The molecule has 1 saturated heterocycles. The van der Waals surface area contributed by atoms with Crippen molar-refractivity contribution >= 4 is 0 Å². The number of aliphatic hydroxyl groups excluding tert-OH is 1. The molecule has 2 N–H and O–H groups in total. The molecule has 0 amide bonds. The van der Waals surface area contributed by atoms with Gasteiger partial charge in [0.1, 0.15) is 24.3 Å².